The number of aromatic nitrogens is 2. The van der Waals surface area contributed by atoms with E-state index < -0.39 is 6.43 Å². The second-order valence-corrected chi connectivity index (χ2v) is 3.73. The molecule has 1 heterocycles. The van der Waals surface area contributed by atoms with E-state index in [9.17, 15) is 8.78 Å². The normalized spacial score (nSPS) is 12.5. The molecule has 0 saturated heterocycles. The Morgan fingerprint density at radius 3 is 2.33 bits per heavy atom. The first-order valence-corrected chi connectivity index (χ1v) is 3.75. The summed E-state index contributed by atoms with van der Waals surface area (Å²) < 4.78 is 24.6. The number of H-pyrrole nitrogens is 1. The molecule has 0 unspecified atom stereocenters. The summed E-state index contributed by atoms with van der Waals surface area (Å²) in [6, 6.07) is 0. The molecule has 0 atom stereocenters. The molecule has 0 aliphatic heterocycles. The first kappa shape index (κ1) is 9.16. The van der Waals surface area contributed by atoms with Gasteiger partial charge in [-0.25, -0.2) is 8.78 Å². The van der Waals surface area contributed by atoms with Gasteiger partial charge in [0.15, 0.2) is 0 Å². The second kappa shape index (κ2) is 2.84. The van der Waals surface area contributed by atoms with Crippen LogP contribution in [-0.4, -0.2) is 10.2 Å². The fourth-order valence-corrected chi connectivity index (χ4v) is 1.07. The number of alkyl halides is 2. The van der Waals surface area contributed by atoms with Crippen molar-refractivity contribution in [3.63, 3.8) is 0 Å². The molecule has 0 saturated carbocycles. The zero-order valence-electron chi connectivity index (χ0n) is 7.36. The van der Waals surface area contributed by atoms with E-state index >= 15 is 0 Å². The number of halogens is 2. The van der Waals surface area contributed by atoms with Gasteiger partial charge >= 0.3 is 0 Å². The number of aromatic amines is 1. The summed E-state index contributed by atoms with van der Waals surface area (Å²) in [5.41, 5.74) is 0.165. The quantitative estimate of drug-likeness (QED) is 0.696. The van der Waals surface area contributed by atoms with E-state index in [2.05, 4.69) is 10.2 Å². The molecular weight excluding hydrogens is 162 g/mol. The summed E-state index contributed by atoms with van der Waals surface area (Å²) in [6.07, 6.45) is -0.966. The molecule has 1 aromatic heterocycles. The van der Waals surface area contributed by atoms with Crippen molar-refractivity contribution >= 4 is 0 Å². The highest BCUT2D eigenvalue weighted by atomic mass is 19.3. The highest BCUT2D eigenvalue weighted by molar-refractivity contribution is 5.25. The standard InChI is InChI=1S/C8H12F2N2/c1-8(2,3)5-4-11-12-6(5)7(9)10/h4,7H,1-3H3,(H,11,12). The molecule has 12 heavy (non-hydrogen) atoms. The van der Waals surface area contributed by atoms with Gasteiger partial charge in [-0.05, 0) is 5.41 Å². The molecule has 4 heteroatoms. The largest absolute Gasteiger partial charge is 0.285 e. The van der Waals surface area contributed by atoms with Crippen LogP contribution in [0.2, 0.25) is 0 Å². The van der Waals surface area contributed by atoms with Crippen LogP contribution in [0.15, 0.2) is 6.20 Å². The van der Waals surface area contributed by atoms with Crippen LogP contribution in [0, 0.1) is 0 Å². The van der Waals surface area contributed by atoms with E-state index in [1.807, 2.05) is 20.8 Å². The predicted molar refractivity (Wildman–Crippen MR) is 42.2 cm³/mol. The Morgan fingerprint density at radius 2 is 2.00 bits per heavy atom. The molecule has 0 radical (unpaired) electrons. The van der Waals surface area contributed by atoms with Crippen LogP contribution in [0.3, 0.4) is 0 Å². The number of rotatable bonds is 1. The SMILES string of the molecule is CC(C)(C)c1c[nH]nc1C(F)F. The van der Waals surface area contributed by atoms with Gasteiger partial charge in [-0.3, -0.25) is 5.10 Å². The molecular formula is C8H12F2N2. The van der Waals surface area contributed by atoms with E-state index in [1.54, 1.807) is 0 Å². The van der Waals surface area contributed by atoms with Gasteiger partial charge in [0, 0.05) is 11.8 Å². The predicted octanol–water partition coefficient (Wildman–Crippen LogP) is 2.64. The van der Waals surface area contributed by atoms with E-state index in [0.29, 0.717) is 5.56 Å². The van der Waals surface area contributed by atoms with Crippen LogP contribution in [0.25, 0.3) is 0 Å². The Hall–Kier alpha value is -0.930. The summed E-state index contributed by atoms with van der Waals surface area (Å²) in [6.45, 7) is 5.64. The van der Waals surface area contributed by atoms with Gasteiger partial charge < -0.3 is 0 Å². The summed E-state index contributed by atoms with van der Waals surface area (Å²) in [4.78, 5) is 0. The van der Waals surface area contributed by atoms with Gasteiger partial charge in [0.2, 0.25) is 0 Å². The van der Waals surface area contributed by atoms with Crippen molar-refractivity contribution in [3.8, 4) is 0 Å². The fraction of sp³-hybridized carbons (Fsp3) is 0.625. The van der Waals surface area contributed by atoms with Crippen molar-refractivity contribution in [3.05, 3.63) is 17.5 Å². The average Bonchev–Trinajstić information content (AvgIpc) is 2.30. The van der Waals surface area contributed by atoms with Gasteiger partial charge in [0.05, 0.1) is 0 Å². The van der Waals surface area contributed by atoms with Crippen molar-refractivity contribution in [2.24, 2.45) is 0 Å². The molecule has 1 aromatic rings. The number of hydrogen-bond donors (Lipinski definition) is 1. The first-order chi connectivity index (χ1) is 5.43. The third kappa shape index (κ3) is 1.62. The number of nitrogens with zero attached hydrogens (tertiary/aromatic N) is 1. The Kier molecular flexibility index (Phi) is 2.17. The van der Waals surface area contributed by atoms with E-state index in [4.69, 9.17) is 0 Å². The molecule has 1 N–H and O–H groups in total. The van der Waals surface area contributed by atoms with Crippen molar-refractivity contribution in [2.45, 2.75) is 32.6 Å². The zero-order valence-corrected chi connectivity index (χ0v) is 7.36. The monoisotopic (exact) mass is 174 g/mol. The lowest BCUT2D eigenvalue weighted by Gasteiger charge is -2.17. The highest BCUT2D eigenvalue weighted by Crippen LogP contribution is 2.29. The lowest BCUT2D eigenvalue weighted by Crippen LogP contribution is -2.12. The maximum Gasteiger partial charge on any atom is 0.282 e. The first-order valence-electron chi connectivity index (χ1n) is 3.75. The van der Waals surface area contributed by atoms with E-state index in [-0.39, 0.29) is 11.1 Å². The molecule has 0 aromatic carbocycles. The Bertz CT molecular complexity index is 260. The van der Waals surface area contributed by atoms with Gasteiger partial charge in [-0.15, -0.1) is 0 Å². The van der Waals surface area contributed by atoms with Crippen molar-refractivity contribution in [1.82, 2.24) is 10.2 Å². The minimum atomic E-state index is -2.49. The number of nitrogens with one attached hydrogen (secondary N) is 1. The van der Waals surface area contributed by atoms with Crippen LogP contribution in [0.4, 0.5) is 8.78 Å². The van der Waals surface area contributed by atoms with Crippen LogP contribution in [0.5, 0.6) is 0 Å². The summed E-state index contributed by atoms with van der Waals surface area (Å²) in [5.74, 6) is 0. The van der Waals surface area contributed by atoms with E-state index in [1.165, 1.54) is 6.20 Å². The Morgan fingerprint density at radius 1 is 1.42 bits per heavy atom. The van der Waals surface area contributed by atoms with E-state index in [0.717, 1.165) is 0 Å². The van der Waals surface area contributed by atoms with Crippen LogP contribution in [-0.2, 0) is 5.41 Å². The van der Waals surface area contributed by atoms with Crippen LogP contribution in [0.1, 0.15) is 38.5 Å². The molecule has 0 bridgehead atoms. The molecule has 2 nitrogen and oxygen atoms in total. The molecule has 0 aliphatic carbocycles. The summed E-state index contributed by atoms with van der Waals surface area (Å²) >= 11 is 0. The van der Waals surface area contributed by atoms with Gasteiger partial charge in [0.1, 0.15) is 5.69 Å². The Balaban J connectivity index is 3.08. The average molecular weight is 174 g/mol. The third-order valence-electron chi connectivity index (χ3n) is 1.68. The second-order valence-electron chi connectivity index (χ2n) is 3.73. The minimum absolute atomic E-state index is 0.137. The molecule has 0 fully saturated rings. The maximum atomic E-state index is 12.3. The Labute approximate surface area is 70.0 Å². The lowest BCUT2D eigenvalue weighted by atomic mass is 9.87. The highest BCUT2D eigenvalue weighted by Gasteiger charge is 2.24. The van der Waals surface area contributed by atoms with Crippen molar-refractivity contribution in [1.29, 1.82) is 0 Å². The molecule has 1 rings (SSSR count). The van der Waals surface area contributed by atoms with Crippen LogP contribution >= 0.6 is 0 Å². The smallest absolute Gasteiger partial charge is 0.282 e. The lowest BCUT2D eigenvalue weighted by molar-refractivity contribution is 0.143. The van der Waals surface area contributed by atoms with Crippen LogP contribution < -0.4 is 0 Å². The van der Waals surface area contributed by atoms with Crippen molar-refractivity contribution in [2.75, 3.05) is 0 Å². The summed E-state index contributed by atoms with van der Waals surface area (Å²) in [5, 5.41) is 5.96. The molecule has 0 amide bonds. The third-order valence-corrected chi connectivity index (χ3v) is 1.68. The maximum absolute atomic E-state index is 12.3. The fourth-order valence-electron chi connectivity index (χ4n) is 1.07. The van der Waals surface area contributed by atoms with Gasteiger partial charge in [-0.1, -0.05) is 20.8 Å². The topological polar surface area (TPSA) is 28.7 Å². The molecule has 0 aliphatic rings. The zero-order chi connectivity index (χ0) is 9.35. The van der Waals surface area contributed by atoms with Gasteiger partial charge in [0.25, 0.3) is 6.43 Å². The van der Waals surface area contributed by atoms with Gasteiger partial charge in [-0.2, -0.15) is 5.10 Å². The summed E-state index contributed by atoms with van der Waals surface area (Å²) in [7, 11) is 0. The minimum Gasteiger partial charge on any atom is -0.285 e. The molecule has 68 valence electrons. The number of hydrogen-bond acceptors (Lipinski definition) is 1. The molecule has 0 spiro atoms. The van der Waals surface area contributed by atoms with Crippen molar-refractivity contribution < 1.29 is 8.78 Å².